The van der Waals surface area contributed by atoms with Gasteiger partial charge in [0.05, 0.1) is 31.6 Å². The zero-order valence-electron chi connectivity index (χ0n) is 19.1. The van der Waals surface area contributed by atoms with Gasteiger partial charge in [0.15, 0.2) is 11.5 Å². The molecule has 174 valence electrons. The Morgan fingerprint density at radius 1 is 1.15 bits per heavy atom. The van der Waals surface area contributed by atoms with Gasteiger partial charge in [0.1, 0.15) is 11.0 Å². The molecule has 1 saturated heterocycles. The van der Waals surface area contributed by atoms with Crippen LogP contribution in [-0.4, -0.2) is 59.6 Å². The van der Waals surface area contributed by atoms with Gasteiger partial charge in [0.25, 0.3) is 0 Å². The second-order valence-electron chi connectivity index (χ2n) is 8.98. The molecule has 3 atom stereocenters. The number of likely N-dealkylation sites (N-methyl/N-ethyl adjacent to an activating group) is 1. The number of methoxy groups -OCH3 is 2. The first-order valence-electron chi connectivity index (χ1n) is 11.3. The van der Waals surface area contributed by atoms with Crippen LogP contribution in [0.25, 0.3) is 11.0 Å². The summed E-state index contributed by atoms with van der Waals surface area (Å²) in [6.07, 6.45) is 3.94. The van der Waals surface area contributed by atoms with Gasteiger partial charge in [-0.25, -0.2) is 4.79 Å². The predicted octanol–water partition coefficient (Wildman–Crippen LogP) is 4.02. The van der Waals surface area contributed by atoms with Crippen molar-refractivity contribution in [3.05, 3.63) is 42.0 Å². The molecule has 2 fully saturated rings. The van der Waals surface area contributed by atoms with Gasteiger partial charge in [-0.15, -0.1) is 0 Å². The first-order valence-corrected chi connectivity index (χ1v) is 12.0. The van der Waals surface area contributed by atoms with Crippen molar-refractivity contribution < 1.29 is 14.3 Å². The molecular weight excluding hydrogens is 438 g/mol. The van der Waals surface area contributed by atoms with E-state index >= 15 is 0 Å². The molecule has 2 aromatic carbocycles. The van der Waals surface area contributed by atoms with E-state index in [1.54, 1.807) is 14.2 Å². The SMILES string of the molecule is COc1ccc([C@@]23CC[C@H](NC(=O)Nc4cccc5nsnc45)C[C@H]2N(C)CC3)cc1OC. The Labute approximate surface area is 197 Å². The molecule has 1 aliphatic heterocycles. The van der Waals surface area contributed by atoms with E-state index in [9.17, 15) is 4.79 Å². The number of benzene rings is 2. The van der Waals surface area contributed by atoms with E-state index in [2.05, 4.69) is 43.5 Å². The summed E-state index contributed by atoms with van der Waals surface area (Å²) < 4.78 is 19.6. The maximum Gasteiger partial charge on any atom is 0.319 e. The fourth-order valence-electron chi connectivity index (χ4n) is 5.65. The van der Waals surface area contributed by atoms with E-state index in [1.807, 2.05) is 24.3 Å². The zero-order chi connectivity index (χ0) is 23.0. The number of likely N-dealkylation sites (tertiary alicyclic amines) is 1. The molecule has 0 unspecified atom stereocenters. The summed E-state index contributed by atoms with van der Waals surface area (Å²) in [6, 6.07) is 12.2. The molecule has 1 aromatic heterocycles. The summed E-state index contributed by atoms with van der Waals surface area (Å²) in [6.45, 7) is 1.04. The average molecular weight is 468 g/mol. The van der Waals surface area contributed by atoms with Crippen LogP contribution in [0.1, 0.15) is 31.2 Å². The number of anilines is 1. The van der Waals surface area contributed by atoms with Crippen LogP contribution in [0.15, 0.2) is 36.4 Å². The molecule has 2 aliphatic rings. The molecule has 0 spiro atoms. The van der Waals surface area contributed by atoms with Gasteiger partial charge >= 0.3 is 6.03 Å². The Balaban J connectivity index is 1.31. The fourth-order valence-corrected chi connectivity index (χ4v) is 6.20. The quantitative estimate of drug-likeness (QED) is 0.589. The number of urea groups is 1. The molecule has 2 amide bonds. The van der Waals surface area contributed by atoms with Crippen molar-refractivity contribution in [2.75, 3.05) is 33.1 Å². The van der Waals surface area contributed by atoms with Crippen molar-refractivity contribution in [1.29, 1.82) is 0 Å². The van der Waals surface area contributed by atoms with Crippen molar-refractivity contribution in [3.8, 4) is 11.5 Å². The lowest BCUT2D eigenvalue weighted by molar-refractivity contribution is 0.156. The fraction of sp³-hybridized carbons (Fsp3) is 0.458. The molecule has 1 saturated carbocycles. The number of carbonyl (C=O) groups excluding carboxylic acids is 1. The lowest BCUT2D eigenvalue weighted by Crippen LogP contribution is -2.52. The highest BCUT2D eigenvalue weighted by Gasteiger charge is 2.50. The van der Waals surface area contributed by atoms with E-state index in [1.165, 1.54) is 5.56 Å². The van der Waals surface area contributed by atoms with E-state index in [0.717, 1.165) is 66.5 Å². The van der Waals surface area contributed by atoms with Crippen LogP contribution in [0.3, 0.4) is 0 Å². The molecule has 5 rings (SSSR count). The largest absolute Gasteiger partial charge is 0.493 e. The third-order valence-electron chi connectivity index (χ3n) is 7.36. The van der Waals surface area contributed by atoms with E-state index in [4.69, 9.17) is 9.47 Å². The van der Waals surface area contributed by atoms with Crippen LogP contribution in [0.4, 0.5) is 10.5 Å². The number of carbonyl (C=O) groups is 1. The molecular formula is C24H29N5O3S. The molecule has 3 aromatic rings. The number of aromatic nitrogens is 2. The second-order valence-corrected chi connectivity index (χ2v) is 9.51. The number of nitrogens with one attached hydrogen (secondary N) is 2. The lowest BCUT2D eigenvalue weighted by Gasteiger charge is -2.45. The minimum Gasteiger partial charge on any atom is -0.493 e. The van der Waals surface area contributed by atoms with Crippen LogP contribution in [0.2, 0.25) is 0 Å². The molecule has 0 bridgehead atoms. The van der Waals surface area contributed by atoms with E-state index in [-0.39, 0.29) is 17.5 Å². The molecule has 1 aliphatic carbocycles. The lowest BCUT2D eigenvalue weighted by atomic mass is 9.65. The first kappa shape index (κ1) is 21.9. The number of fused-ring (bicyclic) bond motifs is 2. The summed E-state index contributed by atoms with van der Waals surface area (Å²) >= 11 is 1.15. The van der Waals surface area contributed by atoms with E-state index < -0.39 is 0 Å². The van der Waals surface area contributed by atoms with Crippen LogP contribution >= 0.6 is 11.7 Å². The number of hydrogen-bond acceptors (Lipinski definition) is 7. The van der Waals surface area contributed by atoms with Gasteiger partial charge in [-0.3, -0.25) is 0 Å². The van der Waals surface area contributed by atoms with Gasteiger partial charge in [-0.1, -0.05) is 12.1 Å². The Morgan fingerprint density at radius 3 is 2.82 bits per heavy atom. The van der Waals surface area contributed by atoms with Gasteiger partial charge in [0, 0.05) is 17.5 Å². The molecule has 8 nitrogen and oxygen atoms in total. The van der Waals surface area contributed by atoms with Gasteiger partial charge < -0.3 is 25.0 Å². The average Bonchev–Trinajstić information content (AvgIpc) is 3.45. The maximum absolute atomic E-state index is 12.8. The van der Waals surface area contributed by atoms with Crippen LogP contribution in [-0.2, 0) is 5.41 Å². The van der Waals surface area contributed by atoms with Crippen molar-refractivity contribution in [1.82, 2.24) is 19.0 Å². The summed E-state index contributed by atoms with van der Waals surface area (Å²) in [5.74, 6) is 1.51. The van der Waals surface area contributed by atoms with Gasteiger partial charge in [0.2, 0.25) is 0 Å². The topological polar surface area (TPSA) is 88.6 Å². The smallest absolute Gasteiger partial charge is 0.319 e. The minimum atomic E-state index is -0.195. The van der Waals surface area contributed by atoms with Gasteiger partial charge in [-0.2, -0.15) is 8.75 Å². The Hall–Kier alpha value is -2.91. The minimum absolute atomic E-state index is 0.0564. The predicted molar refractivity (Wildman–Crippen MR) is 129 cm³/mol. The standard InChI is InChI=1S/C24H29N5O3S/c1-29-12-11-24(15-7-8-19(31-2)20(13-15)32-3)10-9-16(14-21(24)29)25-23(30)26-17-5-4-6-18-22(17)28-33-27-18/h4-8,13,16,21H,9-12,14H2,1-3H3,(H2,25,26,30)/t16-,21+,24-/m0/s1. The highest BCUT2D eigenvalue weighted by Crippen LogP contribution is 2.49. The molecule has 2 N–H and O–H groups in total. The van der Waals surface area contributed by atoms with Crippen molar-refractivity contribution in [2.24, 2.45) is 0 Å². The number of nitrogens with zero attached hydrogens (tertiary/aromatic N) is 3. The van der Waals surface area contributed by atoms with Crippen molar-refractivity contribution in [3.63, 3.8) is 0 Å². The number of amides is 2. The van der Waals surface area contributed by atoms with Crippen LogP contribution < -0.4 is 20.1 Å². The van der Waals surface area contributed by atoms with Crippen LogP contribution in [0, 0.1) is 0 Å². The molecule has 0 radical (unpaired) electrons. The Kier molecular flexibility index (Phi) is 5.84. The molecule has 9 heteroatoms. The van der Waals surface area contributed by atoms with Crippen molar-refractivity contribution in [2.45, 2.75) is 43.2 Å². The van der Waals surface area contributed by atoms with Crippen molar-refractivity contribution >= 4 is 34.5 Å². The number of rotatable bonds is 5. The molecule has 33 heavy (non-hydrogen) atoms. The monoisotopic (exact) mass is 467 g/mol. The van der Waals surface area contributed by atoms with E-state index in [0.29, 0.717) is 11.7 Å². The first-order chi connectivity index (χ1) is 16.0. The number of ether oxygens (including phenoxy) is 2. The highest BCUT2D eigenvalue weighted by atomic mass is 32.1. The van der Waals surface area contributed by atoms with Crippen LogP contribution in [0.5, 0.6) is 11.5 Å². The second kappa shape index (κ2) is 8.79. The van der Waals surface area contributed by atoms with Gasteiger partial charge in [-0.05, 0) is 69.1 Å². The summed E-state index contributed by atoms with van der Waals surface area (Å²) in [5.41, 5.74) is 3.56. The highest BCUT2D eigenvalue weighted by molar-refractivity contribution is 7.00. The third-order valence-corrected chi connectivity index (χ3v) is 7.90. The third kappa shape index (κ3) is 3.89. The Bertz CT molecular complexity index is 1170. The maximum atomic E-state index is 12.8. The Morgan fingerprint density at radius 2 is 2.00 bits per heavy atom. The summed E-state index contributed by atoms with van der Waals surface area (Å²) in [4.78, 5) is 15.2. The normalized spacial score (nSPS) is 24.9. The summed E-state index contributed by atoms with van der Waals surface area (Å²) in [5, 5.41) is 6.17. The zero-order valence-corrected chi connectivity index (χ0v) is 19.9. The number of hydrogen-bond donors (Lipinski definition) is 2. The summed E-state index contributed by atoms with van der Waals surface area (Å²) in [7, 11) is 5.53. The molecule has 2 heterocycles.